The summed E-state index contributed by atoms with van der Waals surface area (Å²) in [5.74, 6) is -1.68. The van der Waals surface area contributed by atoms with Gasteiger partial charge in [-0.05, 0) is 47.7 Å². The summed E-state index contributed by atoms with van der Waals surface area (Å²) in [5.41, 5.74) is 1.53. The number of halogens is 2. The van der Waals surface area contributed by atoms with Crippen LogP contribution in [0.25, 0.3) is 10.8 Å². The third-order valence-corrected chi connectivity index (χ3v) is 7.83. The molecule has 2 N–H and O–H groups in total. The van der Waals surface area contributed by atoms with E-state index in [1.54, 1.807) is 30.3 Å². The van der Waals surface area contributed by atoms with Gasteiger partial charge in [0.15, 0.2) is 0 Å². The van der Waals surface area contributed by atoms with Gasteiger partial charge in [-0.15, -0.1) is 0 Å². The number of sulfonamides is 1. The predicted octanol–water partition coefficient (Wildman–Crippen LogP) is 5.40. The molecular formula is C27H22Cl2N2O5S. The molecule has 0 bridgehead atoms. The standard InChI is InChI=1S/C27H22Cl2N2O5S/c28-19-14-20(29)16-21(15-19)37(35,36)31(17-26(32)33)25-11-5-8-22-23(25)9-4-10-24(22)27(34)30-13-12-18-6-2-1-3-7-18/h1-11,14-16H,12-13,17H2,(H,30,34)(H,32,33). The van der Waals surface area contributed by atoms with Crippen LogP contribution in [0.4, 0.5) is 5.69 Å². The van der Waals surface area contributed by atoms with Crippen molar-refractivity contribution in [2.45, 2.75) is 11.3 Å². The minimum absolute atomic E-state index is 0.0914. The van der Waals surface area contributed by atoms with Gasteiger partial charge in [0.2, 0.25) is 0 Å². The first kappa shape index (κ1) is 26.5. The summed E-state index contributed by atoms with van der Waals surface area (Å²) in [6.07, 6.45) is 0.648. The highest BCUT2D eigenvalue weighted by Gasteiger charge is 2.29. The van der Waals surface area contributed by atoms with Gasteiger partial charge in [0, 0.05) is 27.5 Å². The van der Waals surface area contributed by atoms with Gasteiger partial charge in [0.1, 0.15) is 6.54 Å². The molecule has 1 amide bonds. The molecule has 0 atom stereocenters. The van der Waals surface area contributed by atoms with Crippen LogP contribution in [-0.4, -0.2) is 38.5 Å². The summed E-state index contributed by atoms with van der Waals surface area (Å²) in [5, 5.41) is 13.5. The molecule has 0 aliphatic carbocycles. The summed E-state index contributed by atoms with van der Waals surface area (Å²) >= 11 is 12.0. The molecule has 0 unspecified atom stereocenters. The Kier molecular flexibility index (Phi) is 8.02. The van der Waals surface area contributed by atoms with E-state index in [0.717, 1.165) is 9.87 Å². The number of carbonyl (C=O) groups is 2. The van der Waals surface area contributed by atoms with Gasteiger partial charge in [-0.3, -0.25) is 13.9 Å². The quantitative estimate of drug-likeness (QED) is 0.287. The van der Waals surface area contributed by atoms with Gasteiger partial charge in [0.05, 0.1) is 10.6 Å². The van der Waals surface area contributed by atoms with E-state index >= 15 is 0 Å². The zero-order chi connectivity index (χ0) is 26.6. The highest BCUT2D eigenvalue weighted by molar-refractivity contribution is 7.92. The fraction of sp³-hybridized carbons (Fsp3) is 0.111. The lowest BCUT2D eigenvalue weighted by molar-refractivity contribution is -0.135. The van der Waals surface area contributed by atoms with Crippen molar-refractivity contribution in [2.75, 3.05) is 17.4 Å². The van der Waals surface area contributed by atoms with E-state index in [2.05, 4.69) is 5.32 Å². The first-order valence-electron chi connectivity index (χ1n) is 11.2. The fourth-order valence-electron chi connectivity index (χ4n) is 4.00. The van der Waals surface area contributed by atoms with Crippen molar-refractivity contribution in [3.05, 3.63) is 106 Å². The van der Waals surface area contributed by atoms with Crippen LogP contribution in [0.2, 0.25) is 10.0 Å². The topological polar surface area (TPSA) is 104 Å². The number of anilines is 1. The maximum Gasteiger partial charge on any atom is 0.324 e. The van der Waals surface area contributed by atoms with E-state index in [-0.39, 0.29) is 26.5 Å². The Balaban J connectivity index is 1.72. The van der Waals surface area contributed by atoms with Crippen LogP contribution in [0.5, 0.6) is 0 Å². The molecule has 4 aromatic rings. The Morgan fingerprint density at radius 1 is 0.838 bits per heavy atom. The lowest BCUT2D eigenvalue weighted by atomic mass is 10.0. The van der Waals surface area contributed by atoms with Gasteiger partial charge in [-0.2, -0.15) is 0 Å². The second kappa shape index (κ2) is 11.2. The van der Waals surface area contributed by atoms with Crippen LogP contribution in [0.1, 0.15) is 15.9 Å². The van der Waals surface area contributed by atoms with Crippen LogP contribution >= 0.6 is 23.2 Å². The molecule has 0 aliphatic rings. The molecule has 0 fully saturated rings. The first-order chi connectivity index (χ1) is 17.7. The second-order valence-corrected chi connectivity index (χ2v) is 10.9. The molecule has 190 valence electrons. The van der Waals surface area contributed by atoms with Crippen LogP contribution in [0, 0.1) is 0 Å². The van der Waals surface area contributed by atoms with Crippen molar-refractivity contribution < 1.29 is 23.1 Å². The number of carboxylic acid groups (broad SMARTS) is 1. The number of hydrogen-bond donors (Lipinski definition) is 2. The van der Waals surface area contributed by atoms with Gasteiger partial charge in [-0.1, -0.05) is 77.8 Å². The highest BCUT2D eigenvalue weighted by atomic mass is 35.5. The molecule has 10 heteroatoms. The normalized spacial score (nSPS) is 11.3. The number of hydrogen-bond acceptors (Lipinski definition) is 4. The third kappa shape index (κ3) is 6.05. The van der Waals surface area contributed by atoms with Gasteiger partial charge in [0.25, 0.3) is 15.9 Å². The van der Waals surface area contributed by atoms with E-state index in [4.69, 9.17) is 23.2 Å². The molecule has 0 saturated heterocycles. The Bertz CT molecular complexity index is 1560. The molecule has 7 nitrogen and oxygen atoms in total. The second-order valence-electron chi connectivity index (χ2n) is 8.18. The maximum atomic E-state index is 13.6. The zero-order valence-electron chi connectivity index (χ0n) is 19.4. The highest BCUT2D eigenvalue weighted by Crippen LogP contribution is 2.34. The molecule has 37 heavy (non-hydrogen) atoms. The Labute approximate surface area is 224 Å². The molecule has 0 spiro atoms. The zero-order valence-corrected chi connectivity index (χ0v) is 21.7. The number of nitrogens with zero attached hydrogens (tertiary/aromatic N) is 1. The Hall–Kier alpha value is -3.59. The number of fused-ring (bicyclic) bond motifs is 1. The summed E-state index contributed by atoms with van der Waals surface area (Å²) < 4.78 is 27.9. The van der Waals surface area contributed by atoms with E-state index in [9.17, 15) is 23.1 Å². The van der Waals surface area contributed by atoms with Crippen LogP contribution in [-0.2, 0) is 21.2 Å². The summed E-state index contributed by atoms with van der Waals surface area (Å²) in [4.78, 5) is 24.5. The smallest absolute Gasteiger partial charge is 0.324 e. The molecule has 0 saturated carbocycles. The fourth-order valence-corrected chi connectivity index (χ4v) is 6.16. The van der Waals surface area contributed by atoms with Gasteiger partial charge < -0.3 is 10.4 Å². The summed E-state index contributed by atoms with van der Waals surface area (Å²) in [6.45, 7) is -0.437. The number of aliphatic carboxylic acids is 1. The molecule has 4 aromatic carbocycles. The summed E-state index contributed by atoms with van der Waals surface area (Å²) in [6, 6.07) is 23.2. The van der Waals surface area contributed by atoms with E-state index in [0.29, 0.717) is 29.3 Å². The molecule has 0 radical (unpaired) electrons. The largest absolute Gasteiger partial charge is 0.480 e. The monoisotopic (exact) mass is 556 g/mol. The number of rotatable bonds is 9. The van der Waals surface area contributed by atoms with Crippen molar-refractivity contribution in [3.63, 3.8) is 0 Å². The van der Waals surface area contributed by atoms with Crippen molar-refractivity contribution in [2.24, 2.45) is 0 Å². The lowest BCUT2D eigenvalue weighted by Crippen LogP contribution is -2.36. The minimum atomic E-state index is -4.38. The Morgan fingerprint density at radius 2 is 1.49 bits per heavy atom. The predicted molar refractivity (Wildman–Crippen MR) is 145 cm³/mol. The third-order valence-electron chi connectivity index (χ3n) is 5.66. The van der Waals surface area contributed by atoms with Gasteiger partial charge >= 0.3 is 5.97 Å². The van der Waals surface area contributed by atoms with E-state index < -0.39 is 22.5 Å². The molecule has 0 aromatic heterocycles. The Morgan fingerprint density at radius 3 is 2.16 bits per heavy atom. The number of nitrogens with one attached hydrogen (secondary N) is 1. The molecular weight excluding hydrogens is 535 g/mol. The number of benzene rings is 4. The number of amides is 1. The average Bonchev–Trinajstić information content (AvgIpc) is 2.86. The first-order valence-corrected chi connectivity index (χ1v) is 13.4. The average molecular weight is 557 g/mol. The van der Waals surface area contributed by atoms with Crippen LogP contribution < -0.4 is 9.62 Å². The summed E-state index contributed by atoms with van der Waals surface area (Å²) in [7, 11) is -4.38. The number of carbonyl (C=O) groups excluding carboxylic acids is 1. The van der Waals surface area contributed by atoms with Crippen molar-refractivity contribution in [3.8, 4) is 0 Å². The minimum Gasteiger partial charge on any atom is -0.480 e. The maximum absolute atomic E-state index is 13.6. The van der Waals surface area contributed by atoms with Crippen LogP contribution in [0.3, 0.4) is 0 Å². The molecule has 0 aliphatic heterocycles. The lowest BCUT2D eigenvalue weighted by Gasteiger charge is -2.25. The SMILES string of the molecule is O=C(O)CN(c1cccc2c(C(=O)NCCc3ccccc3)cccc12)S(=O)(=O)c1cc(Cl)cc(Cl)c1. The number of carboxylic acids is 1. The molecule has 4 rings (SSSR count). The van der Waals surface area contributed by atoms with Crippen molar-refractivity contribution >= 4 is 61.6 Å². The van der Waals surface area contributed by atoms with Crippen LogP contribution in [0.15, 0.2) is 89.8 Å². The van der Waals surface area contributed by atoms with Gasteiger partial charge in [-0.25, -0.2) is 8.42 Å². The van der Waals surface area contributed by atoms with Crippen molar-refractivity contribution in [1.82, 2.24) is 5.32 Å². The molecule has 0 heterocycles. The van der Waals surface area contributed by atoms with E-state index in [1.807, 2.05) is 30.3 Å². The van der Waals surface area contributed by atoms with E-state index in [1.165, 1.54) is 24.3 Å². The van der Waals surface area contributed by atoms with Crippen molar-refractivity contribution in [1.29, 1.82) is 0 Å².